The molecule has 7 N–H and O–H groups in total. The minimum Gasteiger partial charge on any atom is -0.506 e. The van der Waals surface area contributed by atoms with Gasteiger partial charge in [0.05, 0.1) is 5.69 Å². The van der Waals surface area contributed by atoms with Gasteiger partial charge in [-0.1, -0.05) is 54.6 Å². The SMILES string of the molecule is N=Cc1ccc(OCC(=O)NC2CCN(Cc3ccccc3)C2)c2ccccc12.NC(=O)c1ccc(O)c(N)c1. The summed E-state index contributed by atoms with van der Waals surface area (Å²) in [5, 5.41) is 21.5. The third-order valence-electron chi connectivity index (χ3n) is 6.63. The molecule has 0 aromatic heterocycles. The van der Waals surface area contributed by atoms with Gasteiger partial charge in [0, 0.05) is 48.4 Å². The first-order valence-corrected chi connectivity index (χ1v) is 12.9. The quantitative estimate of drug-likeness (QED) is 0.131. The van der Waals surface area contributed by atoms with Crippen molar-refractivity contribution in [3.63, 3.8) is 0 Å². The van der Waals surface area contributed by atoms with Crippen molar-refractivity contribution in [2.75, 3.05) is 25.4 Å². The predicted molar refractivity (Wildman–Crippen MR) is 157 cm³/mol. The van der Waals surface area contributed by atoms with E-state index in [-0.39, 0.29) is 30.0 Å². The van der Waals surface area contributed by atoms with Gasteiger partial charge in [-0.2, -0.15) is 0 Å². The third kappa shape index (κ3) is 7.36. The predicted octanol–water partition coefficient (Wildman–Crippen LogP) is 3.68. The molecule has 206 valence electrons. The number of nitrogen functional groups attached to an aromatic ring is 1. The molecule has 0 saturated carbocycles. The van der Waals surface area contributed by atoms with Crippen LogP contribution in [-0.2, 0) is 11.3 Å². The standard InChI is InChI=1S/C24H25N3O2.C7H8N2O2/c25-14-19-10-11-23(22-9-5-4-8-21(19)22)29-17-24(28)26-20-12-13-27(16-20)15-18-6-2-1-3-7-18;8-5-3-4(7(9)11)1-2-6(5)10/h1-11,14,20,25H,12-13,15-17H2,(H,26,28);1-3,10H,8H2,(H2,9,11). The van der Waals surface area contributed by atoms with Gasteiger partial charge >= 0.3 is 0 Å². The number of fused-ring (bicyclic) bond motifs is 1. The van der Waals surface area contributed by atoms with Gasteiger partial charge in [0.15, 0.2) is 6.61 Å². The zero-order valence-electron chi connectivity index (χ0n) is 22.0. The number of carbonyl (C=O) groups excluding carboxylic acids is 2. The Bertz CT molecular complexity index is 1490. The molecule has 0 spiro atoms. The summed E-state index contributed by atoms with van der Waals surface area (Å²) >= 11 is 0. The molecule has 1 heterocycles. The first kappa shape index (κ1) is 28.1. The second-order valence-corrected chi connectivity index (χ2v) is 9.54. The van der Waals surface area contributed by atoms with E-state index in [4.69, 9.17) is 26.7 Å². The van der Waals surface area contributed by atoms with E-state index in [9.17, 15) is 9.59 Å². The first-order chi connectivity index (χ1) is 19.3. The van der Waals surface area contributed by atoms with Crippen LogP contribution >= 0.6 is 0 Å². The summed E-state index contributed by atoms with van der Waals surface area (Å²) < 4.78 is 5.81. The van der Waals surface area contributed by atoms with Crippen LogP contribution in [0.1, 0.15) is 27.9 Å². The highest BCUT2D eigenvalue weighted by Gasteiger charge is 2.24. The normalized spacial score (nSPS) is 14.7. The first-order valence-electron chi connectivity index (χ1n) is 12.9. The minimum absolute atomic E-state index is 0.0108. The number of hydrogen-bond donors (Lipinski definition) is 5. The Labute approximate surface area is 232 Å². The molecule has 1 fully saturated rings. The molecule has 1 aliphatic rings. The Morgan fingerprint density at radius 1 is 1.02 bits per heavy atom. The van der Waals surface area contributed by atoms with Crippen molar-refractivity contribution in [3.8, 4) is 11.5 Å². The monoisotopic (exact) mass is 539 g/mol. The molecule has 4 aromatic carbocycles. The fraction of sp³-hybridized carbons (Fsp3) is 0.194. The van der Waals surface area contributed by atoms with Gasteiger partial charge in [-0.15, -0.1) is 0 Å². The lowest BCUT2D eigenvalue weighted by Gasteiger charge is -2.17. The van der Waals surface area contributed by atoms with E-state index in [1.54, 1.807) is 0 Å². The van der Waals surface area contributed by atoms with Crippen LogP contribution in [0.4, 0.5) is 5.69 Å². The lowest BCUT2D eigenvalue weighted by molar-refractivity contribution is -0.123. The van der Waals surface area contributed by atoms with E-state index in [0.717, 1.165) is 42.4 Å². The number of hydrogen-bond acceptors (Lipinski definition) is 7. The van der Waals surface area contributed by atoms with Gasteiger partial charge in [-0.3, -0.25) is 14.5 Å². The van der Waals surface area contributed by atoms with E-state index >= 15 is 0 Å². The molecule has 5 rings (SSSR count). The summed E-state index contributed by atoms with van der Waals surface area (Å²) in [6, 6.07) is 26.1. The van der Waals surface area contributed by atoms with Gasteiger partial charge in [-0.25, -0.2) is 0 Å². The maximum absolute atomic E-state index is 12.4. The Morgan fingerprint density at radius 3 is 2.45 bits per heavy atom. The molecule has 0 aliphatic carbocycles. The molecular formula is C31H33N5O4. The highest BCUT2D eigenvalue weighted by atomic mass is 16.5. The van der Waals surface area contributed by atoms with Gasteiger partial charge in [0.25, 0.3) is 5.91 Å². The molecule has 1 aliphatic heterocycles. The largest absolute Gasteiger partial charge is 0.506 e. The molecule has 2 amide bonds. The van der Waals surface area contributed by atoms with E-state index < -0.39 is 5.91 Å². The van der Waals surface area contributed by atoms with Crippen molar-refractivity contribution in [3.05, 3.63) is 102 Å². The highest BCUT2D eigenvalue weighted by molar-refractivity contribution is 6.01. The summed E-state index contributed by atoms with van der Waals surface area (Å²) in [7, 11) is 0. The maximum atomic E-state index is 12.4. The van der Waals surface area contributed by atoms with Crippen molar-refractivity contribution in [2.45, 2.75) is 19.0 Å². The molecule has 9 nitrogen and oxygen atoms in total. The molecule has 0 bridgehead atoms. The number of aromatic hydroxyl groups is 1. The molecule has 1 atom stereocenters. The van der Waals surface area contributed by atoms with E-state index in [1.807, 2.05) is 42.5 Å². The number of ether oxygens (including phenoxy) is 1. The van der Waals surface area contributed by atoms with Crippen molar-refractivity contribution < 1.29 is 19.4 Å². The summed E-state index contributed by atoms with van der Waals surface area (Å²) in [6.07, 6.45) is 2.29. The van der Waals surface area contributed by atoms with Crippen molar-refractivity contribution in [1.29, 1.82) is 5.41 Å². The van der Waals surface area contributed by atoms with Gasteiger partial charge in [0.1, 0.15) is 11.5 Å². The number of nitrogens with one attached hydrogen (secondary N) is 2. The number of rotatable bonds is 8. The number of primary amides is 1. The number of phenolic OH excluding ortho intramolecular Hbond substituents is 1. The van der Waals surface area contributed by atoms with Gasteiger partial charge in [0.2, 0.25) is 5.91 Å². The number of nitrogens with two attached hydrogens (primary N) is 2. The van der Waals surface area contributed by atoms with Crippen LogP contribution in [0.3, 0.4) is 0 Å². The van der Waals surface area contributed by atoms with Crippen molar-refractivity contribution >= 4 is 34.5 Å². The smallest absolute Gasteiger partial charge is 0.258 e. The summed E-state index contributed by atoms with van der Waals surface area (Å²) in [6.45, 7) is 2.74. The average molecular weight is 540 g/mol. The topological polar surface area (TPSA) is 155 Å². The zero-order chi connectivity index (χ0) is 28.5. The second-order valence-electron chi connectivity index (χ2n) is 9.54. The van der Waals surface area contributed by atoms with Crippen LogP contribution in [0.5, 0.6) is 11.5 Å². The Morgan fingerprint density at radius 2 is 1.75 bits per heavy atom. The lowest BCUT2D eigenvalue weighted by Crippen LogP contribution is -2.39. The summed E-state index contributed by atoms with van der Waals surface area (Å²) in [4.78, 5) is 25.3. The minimum atomic E-state index is -0.559. The molecular weight excluding hydrogens is 506 g/mol. The Hall–Kier alpha value is -4.89. The summed E-state index contributed by atoms with van der Waals surface area (Å²) in [5.41, 5.74) is 12.8. The number of likely N-dealkylation sites (tertiary alicyclic amines) is 1. The number of nitrogens with zero attached hydrogens (tertiary/aromatic N) is 1. The highest BCUT2D eigenvalue weighted by Crippen LogP contribution is 2.28. The van der Waals surface area contributed by atoms with Crippen LogP contribution < -0.4 is 21.5 Å². The van der Waals surface area contributed by atoms with Crippen LogP contribution in [-0.4, -0.2) is 53.8 Å². The molecule has 4 aromatic rings. The number of benzene rings is 4. The summed E-state index contributed by atoms with van der Waals surface area (Å²) in [5.74, 6) is -0.0399. The molecule has 40 heavy (non-hydrogen) atoms. The van der Waals surface area contributed by atoms with E-state index in [2.05, 4.69) is 34.5 Å². The van der Waals surface area contributed by atoms with Gasteiger partial charge < -0.3 is 32.0 Å². The van der Waals surface area contributed by atoms with Crippen LogP contribution in [0.25, 0.3) is 10.8 Å². The number of amides is 2. The van der Waals surface area contributed by atoms with Crippen molar-refractivity contribution in [1.82, 2.24) is 10.2 Å². The van der Waals surface area contributed by atoms with Crippen LogP contribution in [0.15, 0.2) is 84.9 Å². The van der Waals surface area contributed by atoms with E-state index in [0.29, 0.717) is 11.3 Å². The lowest BCUT2D eigenvalue weighted by atomic mass is 10.0. The van der Waals surface area contributed by atoms with E-state index in [1.165, 1.54) is 30.0 Å². The van der Waals surface area contributed by atoms with Crippen LogP contribution in [0.2, 0.25) is 0 Å². The van der Waals surface area contributed by atoms with Gasteiger partial charge in [-0.05, 0) is 47.7 Å². The second kappa shape index (κ2) is 13.3. The van der Waals surface area contributed by atoms with Crippen LogP contribution in [0, 0.1) is 5.41 Å². The molecule has 0 radical (unpaired) electrons. The molecule has 1 unspecified atom stereocenters. The Kier molecular flexibility index (Phi) is 9.32. The fourth-order valence-corrected chi connectivity index (χ4v) is 4.60. The molecule has 9 heteroatoms. The zero-order valence-corrected chi connectivity index (χ0v) is 22.0. The third-order valence-corrected chi connectivity index (χ3v) is 6.63. The average Bonchev–Trinajstić information content (AvgIpc) is 3.40. The number of carbonyl (C=O) groups is 2. The number of phenols is 1. The molecule has 1 saturated heterocycles. The maximum Gasteiger partial charge on any atom is 0.258 e. The Balaban J connectivity index is 0.000000283. The fourth-order valence-electron chi connectivity index (χ4n) is 4.60. The number of anilines is 1. The van der Waals surface area contributed by atoms with Crippen molar-refractivity contribution in [2.24, 2.45) is 5.73 Å².